The van der Waals surface area contributed by atoms with Crippen LogP contribution in [0.25, 0.3) is 11.0 Å². The van der Waals surface area contributed by atoms with Crippen LogP contribution in [0.15, 0.2) is 48.9 Å². The Balaban J connectivity index is 0.000000227. The number of nitrogens with one attached hydrogen (secondary N) is 1. The predicted molar refractivity (Wildman–Crippen MR) is 148 cm³/mol. The second-order valence-electron chi connectivity index (χ2n) is 10.3. The van der Waals surface area contributed by atoms with Gasteiger partial charge >= 0.3 is 5.97 Å². The van der Waals surface area contributed by atoms with Crippen LogP contribution in [-0.4, -0.2) is 95.1 Å². The molecule has 1 saturated heterocycles. The molecule has 1 aliphatic heterocycles. The summed E-state index contributed by atoms with van der Waals surface area (Å²) in [5.41, 5.74) is 13.0. The standard InChI is InChI=1S/C16H24N2O4.C11H14N4O4/c1-10(2)8-13(16(21)22)18-15(20)14(19)12(17)9-11-6-4-3-5-7-11;12-9-5-1-2-15(10(5)14-4-13-9)11-8(18)7(17)6(3-16)19-11/h3-7,10,12-14,19H,8-9,17H2,1-2H3,(H,18,20)(H,21,22);1-2,4,6-8,11,16-18H,3H2,(H2,12,13,14)/t12-,13?,14+;6-,7-,8-,11-/m11/s1. The van der Waals surface area contributed by atoms with Crippen LogP contribution in [0.3, 0.4) is 0 Å². The van der Waals surface area contributed by atoms with Crippen molar-refractivity contribution in [3.8, 4) is 0 Å². The minimum atomic E-state index is -1.45. The molecule has 14 heteroatoms. The number of amides is 1. The van der Waals surface area contributed by atoms with Gasteiger partial charge in [0.1, 0.15) is 48.3 Å². The highest BCUT2D eigenvalue weighted by Crippen LogP contribution is 2.32. The van der Waals surface area contributed by atoms with E-state index in [1.54, 1.807) is 16.8 Å². The fourth-order valence-corrected chi connectivity index (χ4v) is 4.45. The predicted octanol–water partition coefficient (Wildman–Crippen LogP) is -0.842. The highest BCUT2D eigenvalue weighted by Gasteiger charge is 2.43. The first-order chi connectivity index (χ1) is 19.4. The van der Waals surface area contributed by atoms with Crippen molar-refractivity contribution in [3.63, 3.8) is 0 Å². The summed E-state index contributed by atoms with van der Waals surface area (Å²) >= 11 is 0. The number of nitrogen functional groups attached to an aromatic ring is 1. The molecular formula is C27H38N6O8. The molecule has 10 N–H and O–H groups in total. The van der Waals surface area contributed by atoms with Crippen molar-refractivity contribution in [3.05, 3.63) is 54.5 Å². The number of ether oxygens (including phenoxy) is 1. The number of rotatable bonds is 10. The van der Waals surface area contributed by atoms with Crippen molar-refractivity contribution in [2.75, 3.05) is 12.3 Å². The lowest BCUT2D eigenvalue weighted by Gasteiger charge is -2.22. The number of carbonyl (C=O) groups excluding carboxylic acids is 1. The summed E-state index contributed by atoms with van der Waals surface area (Å²) in [6.07, 6.45) is -1.80. The number of hydrogen-bond acceptors (Lipinski definition) is 11. The molecule has 1 amide bonds. The van der Waals surface area contributed by atoms with E-state index in [1.165, 1.54) is 6.33 Å². The van der Waals surface area contributed by atoms with Crippen molar-refractivity contribution < 1.29 is 39.9 Å². The summed E-state index contributed by atoms with van der Waals surface area (Å²) in [4.78, 5) is 31.1. The molecule has 1 aliphatic rings. The number of nitrogens with two attached hydrogens (primary N) is 2. The second-order valence-corrected chi connectivity index (χ2v) is 10.3. The number of nitrogens with zero attached hydrogens (tertiary/aromatic N) is 3. The Bertz CT molecular complexity index is 1290. The maximum absolute atomic E-state index is 12.0. The van der Waals surface area contributed by atoms with Gasteiger partial charge < -0.3 is 51.6 Å². The van der Waals surface area contributed by atoms with Crippen molar-refractivity contribution >= 4 is 28.7 Å². The zero-order chi connectivity index (χ0) is 30.3. The van der Waals surface area contributed by atoms with Gasteiger partial charge in [-0.05, 0) is 30.4 Å². The number of hydrogen-bond donors (Lipinski definition) is 8. The van der Waals surface area contributed by atoms with Crippen LogP contribution < -0.4 is 16.8 Å². The third kappa shape index (κ3) is 7.97. The molecule has 41 heavy (non-hydrogen) atoms. The molecule has 0 bridgehead atoms. The average Bonchev–Trinajstić information content (AvgIpc) is 3.49. The van der Waals surface area contributed by atoms with Gasteiger partial charge in [-0.3, -0.25) is 4.79 Å². The molecule has 0 saturated carbocycles. The van der Waals surface area contributed by atoms with Gasteiger partial charge in [-0.15, -0.1) is 0 Å². The first kappa shape index (κ1) is 31.9. The number of aromatic nitrogens is 3. The Labute approximate surface area is 236 Å². The molecule has 0 aliphatic carbocycles. The van der Waals surface area contributed by atoms with Crippen molar-refractivity contribution in [1.29, 1.82) is 0 Å². The quantitative estimate of drug-likeness (QED) is 0.148. The molecule has 3 heterocycles. The summed E-state index contributed by atoms with van der Waals surface area (Å²) < 4.78 is 7.01. The van der Waals surface area contributed by atoms with E-state index in [1.807, 2.05) is 44.2 Å². The first-order valence-electron chi connectivity index (χ1n) is 13.1. The fraction of sp³-hybridized carbons (Fsp3) is 0.481. The molecule has 1 unspecified atom stereocenters. The van der Waals surface area contributed by atoms with Crippen molar-refractivity contribution in [2.45, 2.75) is 69.4 Å². The van der Waals surface area contributed by atoms with Gasteiger partial charge in [-0.25, -0.2) is 14.8 Å². The molecule has 3 aromatic rings. The number of aliphatic carboxylic acids is 1. The lowest BCUT2D eigenvalue weighted by Crippen LogP contribution is -2.52. The van der Waals surface area contributed by atoms with Crippen LogP contribution in [0.4, 0.5) is 5.82 Å². The Hall–Kier alpha value is -3.66. The first-order valence-corrected chi connectivity index (χ1v) is 13.1. The van der Waals surface area contributed by atoms with Gasteiger partial charge in [0.15, 0.2) is 6.23 Å². The maximum atomic E-state index is 12.0. The normalized spacial score (nSPS) is 22.5. The van der Waals surface area contributed by atoms with Crippen molar-refractivity contribution in [2.24, 2.45) is 11.7 Å². The third-order valence-electron chi connectivity index (χ3n) is 6.64. The lowest BCUT2D eigenvalue weighted by molar-refractivity contribution is -0.144. The van der Waals surface area contributed by atoms with Crippen LogP contribution in [0.1, 0.15) is 32.1 Å². The fourth-order valence-electron chi connectivity index (χ4n) is 4.45. The van der Waals surface area contributed by atoms with Crippen LogP contribution >= 0.6 is 0 Å². The van der Waals surface area contributed by atoms with Crippen LogP contribution in [0, 0.1) is 5.92 Å². The van der Waals surface area contributed by atoms with Gasteiger partial charge in [0.2, 0.25) is 0 Å². The Morgan fingerprint density at radius 2 is 1.80 bits per heavy atom. The highest BCUT2D eigenvalue weighted by molar-refractivity contribution is 5.87. The number of fused-ring (bicyclic) bond motifs is 1. The summed E-state index contributed by atoms with van der Waals surface area (Å²) in [7, 11) is 0. The van der Waals surface area contributed by atoms with Crippen molar-refractivity contribution in [1.82, 2.24) is 19.9 Å². The maximum Gasteiger partial charge on any atom is 0.326 e. The minimum Gasteiger partial charge on any atom is -0.480 e. The number of carboxylic acid groups (broad SMARTS) is 1. The number of aliphatic hydroxyl groups excluding tert-OH is 4. The molecule has 4 rings (SSSR count). The van der Waals surface area contributed by atoms with Gasteiger partial charge in [0.05, 0.1) is 12.0 Å². The van der Waals surface area contributed by atoms with Gasteiger partial charge in [-0.1, -0.05) is 44.2 Å². The van der Waals surface area contributed by atoms with E-state index in [-0.39, 0.29) is 12.5 Å². The summed E-state index contributed by atoms with van der Waals surface area (Å²) in [5, 5.41) is 50.9. The summed E-state index contributed by atoms with van der Waals surface area (Å²) in [6, 6.07) is 9.14. The number of carbonyl (C=O) groups is 2. The zero-order valence-electron chi connectivity index (χ0n) is 22.8. The third-order valence-corrected chi connectivity index (χ3v) is 6.64. The van der Waals surface area contributed by atoms with Gasteiger partial charge in [0, 0.05) is 12.2 Å². The molecule has 224 valence electrons. The number of anilines is 1. The van der Waals surface area contributed by atoms with E-state index in [0.29, 0.717) is 29.7 Å². The van der Waals surface area contributed by atoms with E-state index in [2.05, 4.69) is 15.3 Å². The van der Waals surface area contributed by atoms with Crippen LogP contribution in [0.5, 0.6) is 0 Å². The molecule has 7 atom stereocenters. The number of benzene rings is 1. The Kier molecular flexibility index (Phi) is 11.1. The van der Waals surface area contributed by atoms with E-state index < -0.39 is 54.6 Å². The molecule has 1 aromatic carbocycles. The van der Waals surface area contributed by atoms with E-state index in [0.717, 1.165) is 5.56 Å². The Morgan fingerprint density at radius 1 is 1.12 bits per heavy atom. The highest BCUT2D eigenvalue weighted by atomic mass is 16.6. The minimum absolute atomic E-state index is 0.108. The SMILES string of the molecule is CC(C)CC(NC(=O)[C@@H](O)[C@H](N)Cc1ccccc1)C(=O)O.Nc1ncnc2c1ccn2[C@@H]1O[C@H](CO)[C@@H](O)[C@H]1O. The Morgan fingerprint density at radius 3 is 2.39 bits per heavy atom. The largest absolute Gasteiger partial charge is 0.480 e. The topological polar surface area (TPSA) is 239 Å². The summed E-state index contributed by atoms with van der Waals surface area (Å²) in [6.45, 7) is 3.35. The van der Waals surface area contributed by atoms with E-state index >= 15 is 0 Å². The van der Waals surface area contributed by atoms with Crippen LogP contribution in [0.2, 0.25) is 0 Å². The van der Waals surface area contributed by atoms with Crippen LogP contribution in [-0.2, 0) is 20.7 Å². The molecule has 0 radical (unpaired) electrons. The van der Waals surface area contributed by atoms with E-state index in [4.69, 9.17) is 26.4 Å². The van der Waals surface area contributed by atoms with Gasteiger partial charge in [-0.2, -0.15) is 0 Å². The zero-order valence-corrected chi connectivity index (χ0v) is 22.8. The average molecular weight is 575 g/mol. The molecule has 1 fully saturated rings. The monoisotopic (exact) mass is 574 g/mol. The molecule has 14 nitrogen and oxygen atoms in total. The second kappa shape index (κ2) is 14.3. The molecule has 2 aromatic heterocycles. The lowest BCUT2D eigenvalue weighted by atomic mass is 10.00. The van der Waals surface area contributed by atoms with E-state index in [9.17, 15) is 24.9 Å². The number of carboxylic acids is 1. The molecule has 0 spiro atoms. The molecular weight excluding hydrogens is 536 g/mol. The smallest absolute Gasteiger partial charge is 0.326 e. The number of aliphatic hydroxyl groups is 4. The summed E-state index contributed by atoms with van der Waals surface area (Å²) in [5.74, 6) is -1.44. The van der Waals surface area contributed by atoms with Gasteiger partial charge in [0.25, 0.3) is 5.91 Å².